The second-order valence-corrected chi connectivity index (χ2v) is 7.74. The maximum Gasteiger partial charge on any atom is 0.263 e. The van der Waals surface area contributed by atoms with E-state index in [4.69, 9.17) is 10.7 Å². The summed E-state index contributed by atoms with van der Waals surface area (Å²) < 4.78 is 28.0. The molecule has 0 aliphatic rings. The van der Waals surface area contributed by atoms with Crippen LogP contribution in [-0.4, -0.2) is 27.1 Å². The summed E-state index contributed by atoms with van der Waals surface area (Å²) in [6.45, 7) is 0.351. The van der Waals surface area contributed by atoms with Gasteiger partial charge in [0.05, 0.1) is 11.3 Å². The number of anilines is 1. The number of halogens is 2. The lowest BCUT2D eigenvalue weighted by molar-refractivity contribution is 0.625. The normalized spacial score (nSPS) is 11.9. The standard InChI is InChI=1S/C25H23F2N5O/c1-32-24(33)22(17-4-8-20(27)9-5-17)23(18-10-12-29-13-11-18)31-25(32)30-15-21(28)14-16-2-6-19(26)7-3-16/h2-13,21H,14-15,28H2,1H3,(H,30,31)/t21-/m1/s1. The molecule has 2 heterocycles. The smallest absolute Gasteiger partial charge is 0.263 e. The molecule has 0 saturated carbocycles. The summed E-state index contributed by atoms with van der Waals surface area (Å²) in [6, 6.07) is 15.2. The molecular weight excluding hydrogens is 424 g/mol. The number of hydrogen-bond donors (Lipinski definition) is 2. The molecule has 8 heteroatoms. The van der Waals surface area contributed by atoms with Crippen molar-refractivity contribution in [2.45, 2.75) is 12.5 Å². The predicted octanol–water partition coefficient (Wildman–Crippen LogP) is 3.77. The minimum Gasteiger partial charge on any atom is -0.354 e. The molecule has 0 spiro atoms. The Hall–Kier alpha value is -3.91. The van der Waals surface area contributed by atoms with Crippen LogP contribution < -0.4 is 16.6 Å². The van der Waals surface area contributed by atoms with Gasteiger partial charge in [-0.25, -0.2) is 13.8 Å². The summed E-state index contributed by atoms with van der Waals surface area (Å²) in [7, 11) is 1.62. The van der Waals surface area contributed by atoms with Gasteiger partial charge in [-0.3, -0.25) is 14.3 Å². The number of nitrogens with one attached hydrogen (secondary N) is 1. The molecule has 0 fully saturated rings. The third-order valence-electron chi connectivity index (χ3n) is 5.31. The Morgan fingerprint density at radius 1 is 0.939 bits per heavy atom. The van der Waals surface area contributed by atoms with Crippen LogP contribution >= 0.6 is 0 Å². The first-order valence-electron chi connectivity index (χ1n) is 10.4. The molecule has 3 N–H and O–H groups in total. The zero-order valence-electron chi connectivity index (χ0n) is 18.0. The van der Waals surface area contributed by atoms with Gasteiger partial charge in [0.1, 0.15) is 11.6 Å². The molecule has 33 heavy (non-hydrogen) atoms. The van der Waals surface area contributed by atoms with Crippen LogP contribution in [0.25, 0.3) is 22.4 Å². The number of rotatable bonds is 7. The second kappa shape index (κ2) is 9.70. The van der Waals surface area contributed by atoms with E-state index in [1.54, 1.807) is 55.8 Å². The fourth-order valence-electron chi connectivity index (χ4n) is 3.57. The fourth-order valence-corrected chi connectivity index (χ4v) is 3.57. The molecule has 1 atom stereocenters. The van der Waals surface area contributed by atoms with E-state index in [1.165, 1.54) is 28.8 Å². The minimum atomic E-state index is -0.387. The van der Waals surface area contributed by atoms with Crippen LogP contribution in [0.4, 0.5) is 14.7 Å². The highest BCUT2D eigenvalue weighted by atomic mass is 19.1. The van der Waals surface area contributed by atoms with Gasteiger partial charge in [-0.2, -0.15) is 0 Å². The first kappa shape index (κ1) is 22.3. The summed E-state index contributed by atoms with van der Waals surface area (Å²) in [5.41, 5.74) is 8.98. The largest absolute Gasteiger partial charge is 0.354 e. The number of aromatic nitrogens is 3. The predicted molar refractivity (Wildman–Crippen MR) is 125 cm³/mol. The van der Waals surface area contributed by atoms with Crippen LogP contribution in [0.2, 0.25) is 0 Å². The van der Waals surface area contributed by atoms with Gasteiger partial charge in [0.2, 0.25) is 5.95 Å². The van der Waals surface area contributed by atoms with Crippen molar-refractivity contribution in [3.8, 4) is 22.4 Å². The maximum absolute atomic E-state index is 13.5. The number of nitrogens with zero attached hydrogens (tertiary/aromatic N) is 3. The molecule has 2 aromatic carbocycles. The molecule has 0 radical (unpaired) electrons. The molecule has 0 bridgehead atoms. The van der Waals surface area contributed by atoms with Crippen LogP contribution in [0.1, 0.15) is 5.56 Å². The quantitative estimate of drug-likeness (QED) is 0.451. The van der Waals surface area contributed by atoms with Crippen molar-refractivity contribution in [3.63, 3.8) is 0 Å². The number of pyridine rings is 1. The molecule has 0 aliphatic heterocycles. The summed E-state index contributed by atoms with van der Waals surface area (Å²) in [5.74, 6) is -0.329. The first-order valence-corrected chi connectivity index (χ1v) is 10.4. The molecule has 2 aromatic heterocycles. The van der Waals surface area contributed by atoms with Gasteiger partial charge < -0.3 is 11.1 Å². The van der Waals surface area contributed by atoms with Crippen molar-refractivity contribution in [1.82, 2.24) is 14.5 Å². The van der Waals surface area contributed by atoms with E-state index in [-0.39, 0.29) is 23.2 Å². The highest BCUT2D eigenvalue weighted by Crippen LogP contribution is 2.28. The van der Waals surface area contributed by atoms with E-state index in [0.717, 1.165) is 5.56 Å². The van der Waals surface area contributed by atoms with Gasteiger partial charge in [0, 0.05) is 37.6 Å². The van der Waals surface area contributed by atoms with Crippen LogP contribution in [0, 0.1) is 11.6 Å². The van der Waals surface area contributed by atoms with E-state index in [0.29, 0.717) is 41.3 Å². The zero-order valence-corrected chi connectivity index (χ0v) is 18.0. The maximum atomic E-state index is 13.5. The lowest BCUT2D eigenvalue weighted by atomic mass is 10.0. The van der Waals surface area contributed by atoms with Gasteiger partial charge in [-0.05, 0) is 53.9 Å². The van der Waals surface area contributed by atoms with Crippen molar-refractivity contribution < 1.29 is 8.78 Å². The lowest BCUT2D eigenvalue weighted by Gasteiger charge is -2.18. The summed E-state index contributed by atoms with van der Waals surface area (Å²) in [6.07, 6.45) is 3.77. The second-order valence-electron chi connectivity index (χ2n) is 7.74. The van der Waals surface area contributed by atoms with Crippen LogP contribution in [0.3, 0.4) is 0 Å². The highest BCUT2D eigenvalue weighted by Gasteiger charge is 2.18. The summed E-state index contributed by atoms with van der Waals surface area (Å²) in [4.78, 5) is 22.1. The average Bonchev–Trinajstić information content (AvgIpc) is 2.83. The van der Waals surface area contributed by atoms with E-state index < -0.39 is 0 Å². The van der Waals surface area contributed by atoms with E-state index in [1.807, 2.05) is 0 Å². The SMILES string of the molecule is Cn1c(NC[C@H](N)Cc2ccc(F)cc2)nc(-c2ccncc2)c(-c2ccc(F)cc2)c1=O. The molecule has 168 valence electrons. The van der Waals surface area contributed by atoms with Crippen molar-refractivity contribution in [1.29, 1.82) is 0 Å². The molecule has 0 amide bonds. The van der Waals surface area contributed by atoms with Crippen molar-refractivity contribution >= 4 is 5.95 Å². The Morgan fingerprint density at radius 3 is 2.18 bits per heavy atom. The number of hydrogen-bond acceptors (Lipinski definition) is 5. The molecular formula is C25H23F2N5O. The average molecular weight is 447 g/mol. The van der Waals surface area contributed by atoms with Crippen LogP contribution in [-0.2, 0) is 13.5 Å². The van der Waals surface area contributed by atoms with Crippen molar-refractivity contribution in [3.05, 3.63) is 101 Å². The summed E-state index contributed by atoms with van der Waals surface area (Å²) in [5, 5.41) is 3.16. The molecule has 0 saturated heterocycles. The number of nitrogens with two attached hydrogens (primary N) is 1. The lowest BCUT2D eigenvalue weighted by Crippen LogP contribution is -2.34. The molecule has 6 nitrogen and oxygen atoms in total. The highest BCUT2D eigenvalue weighted by molar-refractivity contribution is 5.80. The van der Waals surface area contributed by atoms with Gasteiger partial charge in [0.25, 0.3) is 5.56 Å². The third-order valence-corrected chi connectivity index (χ3v) is 5.31. The van der Waals surface area contributed by atoms with Gasteiger partial charge in [-0.1, -0.05) is 24.3 Å². The Balaban J connectivity index is 1.66. The third kappa shape index (κ3) is 5.12. The Bertz CT molecular complexity index is 1290. The van der Waals surface area contributed by atoms with Crippen LogP contribution in [0.5, 0.6) is 0 Å². The fraction of sp³-hybridized carbons (Fsp3) is 0.160. The molecule has 0 unspecified atom stereocenters. The van der Waals surface area contributed by atoms with Gasteiger partial charge >= 0.3 is 0 Å². The van der Waals surface area contributed by atoms with E-state index in [9.17, 15) is 13.6 Å². The Morgan fingerprint density at radius 2 is 1.55 bits per heavy atom. The molecule has 4 rings (SSSR count). The van der Waals surface area contributed by atoms with Gasteiger partial charge in [0.15, 0.2) is 0 Å². The number of benzene rings is 2. The zero-order chi connectivity index (χ0) is 23.4. The van der Waals surface area contributed by atoms with Crippen molar-refractivity contribution in [2.24, 2.45) is 12.8 Å². The van der Waals surface area contributed by atoms with Crippen LogP contribution in [0.15, 0.2) is 77.9 Å². The minimum absolute atomic E-state index is 0.280. The van der Waals surface area contributed by atoms with E-state index in [2.05, 4.69) is 10.3 Å². The molecule has 0 aliphatic carbocycles. The van der Waals surface area contributed by atoms with E-state index >= 15 is 0 Å². The Kier molecular flexibility index (Phi) is 6.55. The summed E-state index contributed by atoms with van der Waals surface area (Å²) >= 11 is 0. The van der Waals surface area contributed by atoms with Gasteiger partial charge in [-0.15, -0.1) is 0 Å². The topological polar surface area (TPSA) is 85.8 Å². The van der Waals surface area contributed by atoms with Crippen molar-refractivity contribution in [2.75, 3.05) is 11.9 Å². The Labute approximate surface area is 189 Å². The molecule has 4 aromatic rings. The first-order chi connectivity index (χ1) is 15.9. The monoisotopic (exact) mass is 447 g/mol.